The van der Waals surface area contributed by atoms with Crippen LogP contribution in [0.5, 0.6) is 11.5 Å². The summed E-state index contributed by atoms with van der Waals surface area (Å²) in [6.45, 7) is 5.88. The van der Waals surface area contributed by atoms with Gasteiger partial charge in [0.1, 0.15) is 16.5 Å². The predicted octanol–water partition coefficient (Wildman–Crippen LogP) is 6.02. The Kier molecular flexibility index (Phi) is 11.1. The Bertz CT molecular complexity index is 1520. The number of carbonyl (C=O) groups is 1. The molecule has 0 spiro atoms. The topological polar surface area (TPSA) is 58.1 Å². The molecule has 9 heteroatoms. The van der Waals surface area contributed by atoms with Gasteiger partial charge in [0.2, 0.25) is 0 Å². The SMILES string of the molecule is COc1ccc(CCN(Cc2ccc(F)cc2)Cc2nc(C(=O)N3CCN(CC=Cc4ccccc4)CC3)cs2)cc1OC. The van der Waals surface area contributed by atoms with Gasteiger partial charge < -0.3 is 14.4 Å². The van der Waals surface area contributed by atoms with Crippen molar-refractivity contribution in [1.82, 2.24) is 19.7 Å². The molecule has 3 aromatic carbocycles. The minimum atomic E-state index is -0.252. The normalized spacial score (nSPS) is 14.0. The van der Waals surface area contributed by atoms with E-state index in [1.807, 2.05) is 58.8 Å². The fraction of sp³-hybridized carbons (Fsp3) is 0.314. The van der Waals surface area contributed by atoms with Crippen LogP contribution in [0.2, 0.25) is 0 Å². The monoisotopic (exact) mass is 614 g/mol. The molecular formula is C35H39FN4O3S. The first kappa shape index (κ1) is 31.4. The van der Waals surface area contributed by atoms with Gasteiger partial charge in [0, 0.05) is 51.2 Å². The number of carbonyl (C=O) groups excluding carboxylic acids is 1. The lowest BCUT2D eigenvalue weighted by Gasteiger charge is -2.33. The Labute approximate surface area is 263 Å². The number of hydrogen-bond donors (Lipinski definition) is 0. The number of amides is 1. The van der Waals surface area contributed by atoms with Gasteiger partial charge in [-0.25, -0.2) is 9.37 Å². The highest BCUT2D eigenvalue weighted by molar-refractivity contribution is 7.09. The van der Waals surface area contributed by atoms with E-state index < -0.39 is 0 Å². The highest BCUT2D eigenvalue weighted by Gasteiger charge is 2.24. The molecule has 1 aromatic heterocycles. The van der Waals surface area contributed by atoms with E-state index in [1.54, 1.807) is 14.2 Å². The average molecular weight is 615 g/mol. The van der Waals surface area contributed by atoms with Crippen LogP contribution in [0.3, 0.4) is 0 Å². The number of rotatable bonds is 13. The summed E-state index contributed by atoms with van der Waals surface area (Å²) in [6, 6.07) is 22.8. The van der Waals surface area contributed by atoms with Crippen molar-refractivity contribution < 1.29 is 18.7 Å². The molecule has 4 aromatic rings. The molecule has 7 nitrogen and oxygen atoms in total. The molecule has 1 aliphatic rings. The molecule has 2 heterocycles. The third kappa shape index (κ3) is 8.75. The molecule has 230 valence electrons. The molecule has 1 aliphatic heterocycles. The van der Waals surface area contributed by atoms with Gasteiger partial charge >= 0.3 is 0 Å². The Hall–Kier alpha value is -4.05. The molecule has 5 rings (SSSR count). The zero-order valence-corrected chi connectivity index (χ0v) is 26.1. The third-order valence-corrected chi connectivity index (χ3v) is 8.58. The smallest absolute Gasteiger partial charge is 0.273 e. The molecule has 0 aliphatic carbocycles. The summed E-state index contributed by atoms with van der Waals surface area (Å²) < 4.78 is 24.4. The van der Waals surface area contributed by atoms with Gasteiger partial charge in [-0.15, -0.1) is 11.3 Å². The van der Waals surface area contributed by atoms with Crippen molar-refractivity contribution in [2.24, 2.45) is 0 Å². The second-order valence-electron chi connectivity index (χ2n) is 10.8. The van der Waals surface area contributed by atoms with Crippen LogP contribution in [0.4, 0.5) is 4.39 Å². The van der Waals surface area contributed by atoms with Crippen LogP contribution >= 0.6 is 11.3 Å². The number of piperazine rings is 1. The molecule has 1 fully saturated rings. The third-order valence-electron chi connectivity index (χ3n) is 7.75. The van der Waals surface area contributed by atoms with Crippen molar-refractivity contribution in [3.05, 3.63) is 117 Å². The first-order valence-corrected chi connectivity index (χ1v) is 15.7. The number of hydrogen-bond acceptors (Lipinski definition) is 7. The van der Waals surface area contributed by atoms with E-state index in [4.69, 9.17) is 14.5 Å². The first-order chi connectivity index (χ1) is 21.5. The fourth-order valence-corrected chi connectivity index (χ4v) is 6.07. The van der Waals surface area contributed by atoms with Gasteiger partial charge in [-0.3, -0.25) is 14.6 Å². The van der Waals surface area contributed by atoms with Gasteiger partial charge in [-0.1, -0.05) is 60.7 Å². The van der Waals surface area contributed by atoms with E-state index in [0.717, 1.165) is 48.7 Å². The van der Waals surface area contributed by atoms with Crippen LogP contribution in [0.15, 0.2) is 84.3 Å². The average Bonchev–Trinajstić information content (AvgIpc) is 3.53. The molecule has 44 heavy (non-hydrogen) atoms. The summed E-state index contributed by atoms with van der Waals surface area (Å²) in [4.78, 5) is 24.6. The van der Waals surface area contributed by atoms with E-state index in [0.29, 0.717) is 43.4 Å². The Morgan fingerprint density at radius 1 is 0.932 bits per heavy atom. The second-order valence-corrected chi connectivity index (χ2v) is 11.8. The number of benzene rings is 3. The van der Waals surface area contributed by atoms with Crippen LogP contribution in [0, 0.1) is 5.82 Å². The minimum Gasteiger partial charge on any atom is -0.493 e. The first-order valence-electron chi connectivity index (χ1n) is 14.9. The standard InChI is InChI=1S/C35H39FN4O3S/c1-42-32-15-12-28(23-33(32)43-2)16-18-39(24-29-10-13-30(36)14-11-29)25-34-37-31(26-44-34)35(41)40-21-19-38(20-22-40)17-6-9-27-7-4-3-5-8-27/h3-15,23,26H,16-22,24-25H2,1-2H3. The Balaban J connectivity index is 1.18. The fourth-order valence-electron chi connectivity index (χ4n) is 5.26. The number of ether oxygens (including phenoxy) is 2. The van der Waals surface area contributed by atoms with Crippen molar-refractivity contribution in [3.8, 4) is 11.5 Å². The lowest BCUT2D eigenvalue weighted by molar-refractivity contribution is 0.0645. The molecule has 0 bridgehead atoms. The quantitative estimate of drug-likeness (QED) is 0.184. The zero-order chi connectivity index (χ0) is 30.7. The molecule has 0 N–H and O–H groups in total. The second kappa shape index (κ2) is 15.6. The van der Waals surface area contributed by atoms with E-state index in [2.05, 4.69) is 34.1 Å². The number of nitrogens with zero attached hydrogens (tertiary/aromatic N) is 4. The summed E-state index contributed by atoms with van der Waals surface area (Å²) >= 11 is 1.51. The van der Waals surface area contributed by atoms with Crippen molar-refractivity contribution in [1.29, 1.82) is 0 Å². The van der Waals surface area contributed by atoms with Crippen molar-refractivity contribution in [2.45, 2.75) is 19.5 Å². The maximum absolute atomic E-state index is 13.6. The number of halogens is 1. The van der Waals surface area contributed by atoms with E-state index in [1.165, 1.54) is 29.0 Å². The van der Waals surface area contributed by atoms with Crippen molar-refractivity contribution >= 4 is 23.3 Å². The van der Waals surface area contributed by atoms with Crippen LogP contribution in [0.25, 0.3) is 6.08 Å². The van der Waals surface area contributed by atoms with Gasteiger partial charge in [0.25, 0.3) is 5.91 Å². The summed E-state index contributed by atoms with van der Waals surface area (Å²) in [5.74, 6) is 1.13. The van der Waals surface area contributed by atoms with Crippen LogP contribution < -0.4 is 9.47 Å². The highest BCUT2D eigenvalue weighted by Crippen LogP contribution is 2.28. The summed E-state index contributed by atoms with van der Waals surface area (Å²) in [6.07, 6.45) is 5.10. The van der Waals surface area contributed by atoms with E-state index in [-0.39, 0.29) is 11.7 Å². The van der Waals surface area contributed by atoms with Gasteiger partial charge in [0.15, 0.2) is 11.5 Å². The van der Waals surface area contributed by atoms with Gasteiger partial charge in [-0.2, -0.15) is 0 Å². The lowest BCUT2D eigenvalue weighted by atomic mass is 10.1. The largest absolute Gasteiger partial charge is 0.493 e. The van der Waals surface area contributed by atoms with Crippen molar-refractivity contribution in [3.63, 3.8) is 0 Å². The Morgan fingerprint density at radius 3 is 2.39 bits per heavy atom. The molecule has 0 saturated carbocycles. The lowest BCUT2D eigenvalue weighted by Crippen LogP contribution is -2.48. The molecule has 0 atom stereocenters. The minimum absolute atomic E-state index is 0.0117. The molecular weight excluding hydrogens is 575 g/mol. The van der Waals surface area contributed by atoms with Crippen LogP contribution in [0.1, 0.15) is 32.2 Å². The van der Waals surface area contributed by atoms with Gasteiger partial charge in [-0.05, 0) is 47.4 Å². The number of methoxy groups -OCH3 is 2. The zero-order valence-electron chi connectivity index (χ0n) is 25.3. The van der Waals surface area contributed by atoms with Gasteiger partial charge in [0.05, 0.1) is 20.8 Å². The number of aromatic nitrogens is 1. The molecule has 0 unspecified atom stereocenters. The summed E-state index contributed by atoms with van der Waals surface area (Å²) in [7, 11) is 3.26. The van der Waals surface area contributed by atoms with Crippen LogP contribution in [-0.4, -0.2) is 79.1 Å². The summed E-state index contributed by atoms with van der Waals surface area (Å²) in [5, 5.41) is 2.75. The molecule has 0 radical (unpaired) electrons. The van der Waals surface area contributed by atoms with E-state index >= 15 is 0 Å². The molecule has 1 saturated heterocycles. The molecule has 1 amide bonds. The summed E-state index contributed by atoms with van der Waals surface area (Å²) in [5.41, 5.74) is 3.83. The van der Waals surface area contributed by atoms with Crippen molar-refractivity contribution in [2.75, 3.05) is 53.5 Å². The Morgan fingerprint density at radius 2 is 1.66 bits per heavy atom. The van der Waals surface area contributed by atoms with Crippen LogP contribution in [-0.2, 0) is 19.5 Å². The number of thiazole rings is 1. The predicted molar refractivity (Wildman–Crippen MR) is 174 cm³/mol. The maximum Gasteiger partial charge on any atom is 0.273 e. The maximum atomic E-state index is 13.6. The van der Waals surface area contributed by atoms with E-state index in [9.17, 15) is 9.18 Å². The highest BCUT2D eigenvalue weighted by atomic mass is 32.1.